The molecule has 18 heavy (non-hydrogen) atoms. The van der Waals surface area contributed by atoms with Gasteiger partial charge in [-0.05, 0) is 48.0 Å². The van der Waals surface area contributed by atoms with E-state index < -0.39 is 0 Å². The lowest BCUT2D eigenvalue weighted by Crippen LogP contribution is -1.97. The van der Waals surface area contributed by atoms with E-state index in [4.69, 9.17) is 9.15 Å². The van der Waals surface area contributed by atoms with Crippen LogP contribution < -0.4 is 4.74 Å². The van der Waals surface area contributed by atoms with Gasteiger partial charge in [0.1, 0.15) is 17.8 Å². The summed E-state index contributed by atoms with van der Waals surface area (Å²) < 4.78 is 11.7. The molecular formula is C13H12BrNO3. The topological polar surface area (TPSA) is 52.3 Å². The summed E-state index contributed by atoms with van der Waals surface area (Å²) in [7, 11) is 0. The second-order valence-electron chi connectivity index (χ2n) is 3.85. The van der Waals surface area contributed by atoms with E-state index in [2.05, 4.69) is 20.9 Å². The molecule has 0 aliphatic rings. The van der Waals surface area contributed by atoms with Crippen molar-refractivity contribution in [1.82, 2.24) is 4.98 Å². The van der Waals surface area contributed by atoms with Crippen molar-refractivity contribution in [3.05, 3.63) is 45.6 Å². The number of ether oxygens (including phenoxy) is 1. The first kappa shape index (κ1) is 12.8. The third kappa shape index (κ3) is 2.79. The molecule has 1 heterocycles. The number of carbonyl (C=O) groups excluding carboxylic acids is 1. The number of aromatic nitrogens is 1. The Morgan fingerprint density at radius 3 is 2.78 bits per heavy atom. The van der Waals surface area contributed by atoms with Crippen LogP contribution in [-0.2, 0) is 6.61 Å². The molecule has 0 atom stereocenters. The van der Waals surface area contributed by atoms with Gasteiger partial charge in [0.05, 0.1) is 10.2 Å². The Labute approximate surface area is 113 Å². The van der Waals surface area contributed by atoms with Crippen molar-refractivity contribution in [2.75, 3.05) is 0 Å². The number of halogens is 1. The van der Waals surface area contributed by atoms with E-state index in [1.165, 1.54) is 0 Å². The highest BCUT2D eigenvalue weighted by Gasteiger charge is 2.08. The summed E-state index contributed by atoms with van der Waals surface area (Å²) in [6, 6.07) is 5.13. The van der Waals surface area contributed by atoms with Gasteiger partial charge in [-0.15, -0.1) is 0 Å². The molecule has 0 spiro atoms. The van der Waals surface area contributed by atoms with Gasteiger partial charge in [0, 0.05) is 5.56 Å². The number of carbonyl (C=O) groups is 1. The minimum Gasteiger partial charge on any atom is -0.483 e. The van der Waals surface area contributed by atoms with Gasteiger partial charge in [0.25, 0.3) is 0 Å². The Kier molecular flexibility index (Phi) is 3.81. The van der Waals surface area contributed by atoms with E-state index in [-0.39, 0.29) is 6.61 Å². The summed E-state index contributed by atoms with van der Waals surface area (Å²) in [5, 5.41) is 0. The first-order chi connectivity index (χ1) is 8.60. The second-order valence-corrected chi connectivity index (χ2v) is 4.70. The highest BCUT2D eigenvalue weighted by Crippen LogP contribution is 2.26. The molecule has 1 aromatic carbocycles. The number of rotatable bonds is 4. The molecule has 4 nitrogen and oxygen atoms in total. The van der Waals surface area contributed by atoms with Crippen molar-refractivity contribution in [2.45, 2.75) is 20.5 Å². The van der Waals surface area contributed by atoms with Gasteiger partial charge in [-0.2, -0.15) is 0 Å². The van der Waals surface area contributed by atoms with Crippen LogP contribution >= 0.6 is 15.9 Å². The fraction of sp³-hybridized carbons (Fsp3) is 0.231. The molecule has 0 aliphatic carbocycles. The molecule has 94 valence electrons. The lowest BCUT2D eigenvalue weighted by atomic mass is 10.2. The average molecular weight is 310 g/mol. The van der Waals surface area contributed by atoms with E-state index in [1.54, 1.807) is 18.2 Å². The molecule has 2 rings (SSSR count). The van der Waals surface area contributed by atoms with Gasteiger partial charge in [0.2, 0.25) is 5.89 Å². The zero-order chi connectivity index (χ0) is 13.1. The van der Waals surface area contributed by atoms with Gasteiger partial charge in [-0.25, -0.2) is 4.98 Å². The number of hydrogen-bond acceptors (Lipinski definition) is 4. The predicted octanol–water partition coefficient (Wildman–Crippen LogP) is 3.45. The minimum atomic E-state index is 0.258. The zero-order valence-corrected chi connectivity index (χ0v) is 11.7. The van der Waals surface area contributed by atoms with Crippen molar-refractivity contribution in [3.63, 3.8) is 0 Å². The molecule has 0 bridgehead atoms. The molecule has 1 aromatic heterocycles. The van der Waals surface area contributed by atoms with E-state index in [9.17, 15) is 4.79 Å². The maximum Gasteiger partial charge on any atom is 0.232 e. The first-order valence-electron chi connectivity index (χ1n) is 5.40. The van der Waals surface area contributed by atoms with Crippen molar-refractivity contribution < 1.29 is 13.9 Å². The average Bonchev–Trinajstić information content (AvgIpc) is 2.67. The number of aldehydes is 1. The van der Waals surface area contributed by atoms with E-state index >= 15 is 0 Å². The summed E-state index contributed by atoms with van der Waals surface area (Å²) in [6.07, 6.45) is 0.787. The predicted molar refractivity (Wildman–Crippen MR) is 69.8 cm³/mol. The Bertz CT molecular complexity index is 558. The van der Waals surface area contributed by atoms with Crippen LogP contribution in [0.25, 0.3) is 0 Å². The number of hydrogen-bond donors (Lipinski definition) is 0. The van der Waals surface area contributed by atoms with Crippen molar-refractivity contribution >= 4 is 22.2 Å². The van der Waals surface area contributed by atoms with Crippen LogP contribution in [0.4, 0.5) is 0 Å². The minimum absolute atomic E-state index is 0.258. The number of nitrogens with zero attached hydrogens (tertiary/aromatic N) is 1. The van der Waals surface area contributed by atoms with Crippen LogP contribution in [0.5, 0.6) is 5.75 Å². The third-order valence-corrected chi connectivity index (χ3v) is 3.14. The molecular weight excluding hydrogens is 298 g/mol. The van der Waals surface area contributed by atoms with Crippen LogP contribution in [0.2, 0.25) is 0 Å². The molecule has 5 heteroatoms. The quantitative estimate of drug-likeness (QED) is 0.812. The zero-order valence-electron chi connectivity index (χ0n) is 10.1. The van der Waals surface area contributed by atoms with Crippen LogP contribution in [0.1, 0.15) is 27.7 Å². The SMILES string of the molecule is Cc1nc(COc2ccc(C=O)cc2Br)oc1C. The molecule has 0 fully saturated rings. The molecule has 0 unspecified atom stereocenters. The third-order valence-electron chi connectivity index (χ3n) is 2.52. The number of aryl methyl sites for hydroxylation is 2. The standard InChI is InChI=1S/C13H12BrNO3/c1-8-9(2)18-13(15-8)7-17-12-4-3-10(6-16)5-11(12)14/h3-6H,7H2,1-2H3. The molecule has 0 saturated carbocycles. The van der Waals surface area contributed by atoms with Gasteiger partial charge in [-0.1, -0.05) is 0 Å². The highest BCUT2D eigenvalue weighted by atomic mass is 79.9. The van der Waals surface area contributed by atoms with Crippen molar-refractivity contribution in [2.24, 2.45) is 0 Å². The maximum absolute atomic E-state index is 10.6. The van der Waals surface area contributed by atoms with E-state index in [0.29, 0.717) is 17.2 Å². The molecule has 0 radical (unpaired) electrons. The Morgan fingerprint density at radius 2 is 2.22 bits per heavy atom. The summed E-state index contributed by atoms with van der Waals surface area (Å²) >= 11 is 3.35. The summed E-state index contributed by atoms with van der Waals surface area (Å²) in [5.74, 6) is 1.98. The summed E-state index contributed by atoms with van der Waals surface area (Å²) in [4.78, 5) is 14.8. The fourth-order valence-corrected chi connectivity index (χ4v) is 1.96. The van der Waals surface area contributed by atoms with Crippen LogP contribution in [0, 0.1) is 13.8 Å². The van der Waals surface area contributed by atoms with E-state index in [1.807, 2.05) is 13.8 Å². The highest BCUT2D eigenvalue weighted by molar-refractivity contribution is 9.10. The smallest absolute Gasteiger partial charge is 0.232 e. The van der Waals surface area contributed by atoms with Crippen LogP contribution in [0.3, 0.4) is 0 Å². The lowest BCUT2D eigenvalue weighted by molar-refractivity contribution is 0.112. The number of benzene rings is 1. The van der Waals surface area contributed by atoms with E-state index in [0.717, 1.165) is 22.2 Å². The van der Waals surface area contributed by atoms with Gasteiger partial charge in [0.15, 0.2) is 6.61 Å². The summed E-state index contributed by atoms with van der Waals surface area (Å²) in [6.45, 7) is 4.01. The molecule has 0 amide bonds. The Morgan fingerprint density at radius 1 is 1.44 bits per heavy atom. The van der Waals surface area contributed by atoms with Crippen LogP contribution in [-0.4, -0.2) is 11.3 Å². The fourth-order valence-electron chi connectivity index (χ4n) is 1.45. The molecule has 0 aliphatic heterocycles. The van der Waals surface area contributed by atoms with Crippen molar-refractivity contribution in [1.29, 1.82) is 0 Å². The largest absolute Gasteiger partial charge is 0.483 e. The number of oxazole rings is 1. The normalized spacial score (nSPS) is 10.4. The molecule has 0 N–H and O–H groups in total. The maximum atomic E-state index is 10.6. The Hall–Kier alpha value is -1.62. The lowest BCUT2D eigenvalue weighted by Gasteiger charge is -2.06. The molecule has 2 aromatic rings. The van der Waals surface area contributed by atoms with Gasteiger partial charge >= 0.3 is 0 Å². The van der Waals surface area contributed by atoms with Gasteiger partial charge in [-0.3, -0.25) is 4.79 Å². The first-order valence-corrected chi connectivity index (χ1v) is 6.20. The monoisotopic (exact) mass is 309 g/mol. The second kappa shape index (κ2) is 5.35. The Balaban J connectivity index is 2.08. The van der Waals surface area contributed by atoms with Crippen LogP contribution in [0.15, 0.2) is 27.1 Å². The summed E-state index contributed by atoms with van der Waals surface area (Å²) in [5.41, 5.74) is 1.46. The molecule has 0 saturated heterocycles. The van der Waals surface area contributed by atoms with Gasteiger partial charge < -0.3 is 9.15 Å². The van der Waals surface area contributed by atoms with Crippen molar-refractivity contribution in [3.8, 4) is 5.75 Å².